The average molecular weight is 217 g/mol. The molecule has 5 nitrogen and oxygen atoms in total. The van der Waals surface area contributed by atoms with Crippen LogP contribution in [0.4, 0.5) is 0 Å². The zero-order chi connectivity index (χ0) is 11.4. The lowest BCUT2D eigenvalue weighted by Gasteiger charge is -2.37. The Labute approximate surface area is 90.0 Å². The van der Waals surface area contributed by atoms with Crippen molar-refractivity contribution < 1.29 is 19.4 Å². The van der Waals surface area contributed by atoms with E-state index >= 15 is 0 Å². The van der Waals surface area contributed by atoms with E-state index in [1.807, 2.05) is 6.92 Å². The molecule has 1 fully saturated rings. The van der Waals surface area contributed by atoms with Crippen LogP contribution >= 0.6 is 0 Å². The van der Waals surface area contributed by atoms with Gasteiger partial charge in [-0.2, -0.15) is 0 Å². The van der Waals surface area contributed by atoms with Gasteiger partial charge < -0.3 is 19.5 Å². The molecule has 1 N–H and O–H groups in total. The van der Waals surface area contributed by atoms with Crippen LogP contribution in [0.3, 0.4) is 0 Å². The number of amides is 1. The lowest BCUT2D eigenvalue weighted by molar-refractivity contribution is -0.155. The van der Waals surface area contributed by atoms with E-state index in [0.29, 0.717) is 13.1 Å². The summed E-state index contributed by atoms with van der Waals surface area (Å²) in [6.45, 7) is 4.54. The fraction of sp³-hybridized carbons (Fsp3) is 0.900. The van der Waals surface area contributed by atoms with Crippen molar-refractivity contribution in [2.75, 3.05) is 26.8 Å². The molecule has 1 aliphatic rings. The molecule has 3 atom stereocenters. The van der Waals surface area contributed by atoms with Crippen molar-refractivity contribution in [3.8, 4) is 0 Å². The highest BCUT2D eigenvalue weighted by Gasteiger charge is 2.30. The third-order valence-electron chi connectivity index (χ3n) is 2.54. The number of carbonyl (C=O) groups is 1. The van der Waals surface area contributed by atoms with E-state index in [4.69, 9.17) is 14.6 Å². The first kappa shape index (κ1) is 12.4. The predicted molar refractivity (Wildman–Crippen MR) is 54.5 cm³/mol. The summed E-state index contributed by atoms with van der Waals surface area (Å²) in [4.78, 5) is 13.5. The molecule has 0 bridgehead atoms. The van der Waals surface area contributed by atoms with Gasteiger partial charge in [0.25, 0.3) is 5.91 Å². The summed E-state index contributed by atoms with van der Waals surface area (Å²) in [6, 6.07) is 0. The highest BCUT2D eigenvalue weighted by molar-refractivity contribution is 5.80. The van der Waals surface area contributed by atoms with Gasteiger partial charge in [0.15, 0.2) is 0 Å². The van der Waals surface area contributed by atoms with Crippen molar-refractivity contribution in [3.63, 3.8) is 0 Å². The van der Waals surface area contributed by atoms with Crippen molar-refractivity contribution in [1.29, 1.82) is 0 Å². The van der Waals surface area contributed by atoms with Gasteiger partial charge in [0.1, 0.15) is 6.10 Å². The molecule has 1 rings (SSSR count). The fourth-order valence-corrected chi connectivity index (χ4v) is 1.68. The molecule has 5 heteroatoms. The average Bonchev–Trinajstić information content (AvgIpc) is 2.26. The highest BCUT2D eigenvalue weighted by Crippen LogP contribution is 2.12. The predicted octanol–water partition coefficient (Wildman–Crippen LogP) is -0.371. The smallest absolute Gasteiger partial charge is 0.251 e. The first-order valence-electron chi connectivity index (χ1n) is 5.16. The standard InChI is InChI=1S/C10H19NO4/c1-7-4-11(5-9(6-12)15-7)10(13)8(2)14-3/h7-9,12H,4-6H2,1-3H3. The Morgan fingerprint density at radius 3 is 2.87 bits per heavy atom. The van der Waals surface area contributed by atoms with E-state index in [2.05, 4.69) is 0 Å². The summed E-state index contributed by atoms with van der Waals surface area (Å²) < 4.78 is 10.4. The summed E-state index contributed by atoms with van der Waals surface area (Å²) in [7, 11) is 1.51. The van der Waals surface area contributed by atoms with Crippen LogP contribution in [0.1, 0.15) is 13.8 Å². The second-order valence-corrected chi connectivity index (χ2v) is 3.87. The van der Waals surface area contributed by atoms with Gasteiger partial charge >= 0.3 is 0 Å². The second-order valence-electron chi connectivity index (χ2n) is 3.87. The lowest BCUT2D eigenvalue weighted by atomic mass is 10.2. The summed E-state index contributed by atoms with van der Waals surface area (Å²) in [6.07, 6.45) is -0.750. The van der Waals surface area contributed by atoms with Crippen LogP contribution < -0.4 is 0 Å². The van der Waals surface area contributed by atoms with E-state index in [1.54, 1.807) is 11.8 Å². The Hall–Kier alpha value is -0.650. The number of morpholine rings is 1. The molecule has 1 aliphatic heterocycles. The molecule has 0 spiro atoms. The molecule has 15 heavy (non-hydrogen) atoms. The molecule has 0 saturated carbocycles. The Bertz CT molecular complexity index is 221. The molecule has 1 heterocycles. The molecule has 88 valence electrons. The lowest BCUT2D eigenvalue weighted by Crippen LogP contribution is -2.52. The number of hydrogen-bond acceptors (Lipinski definition) is 4. The van der Waals surface area contributed by atoms with E-state index in [-0.39, 0.29) is 24.7 Å². The summed E-state index contributed by atoms with van der Waals surface area (Å²) in [5, 5.41) is 9.01. The van der Waals surface area contributed by atoms with Gasteiger partial charge in [0, 0.05) is 20.2 Å². The Morgan fingerprint density at radius 2 is 2.33 bits per heavy atom. The zero-order valence-electron chi connectivity index (χ0n) is 9.47. The van der Waals surface area contributed by atoms with E-state index in [0.717, 1.165) is 0 Å². The largest absolute Gasteiger partial charge is 0.394 e. The van der Waals surface area contributed by atoms with Gasteiger partial charge in [0.2, 0.25) is 0 Å². The van der Waals surface area contributed by atoms with Gasteiger partial charge in [-0.15, -0.1) is 0 Å². The first-order chi connectivity index (χ1) is 7.08. The molecule has 0 aromatic carbocycles. The molecule has 1 saturated heterocycles. The zero-order valence-corrected chi connectivity index (χ0v) is 9.47. The molecule has 0 aliphatic carbocycles. The number of aliphatic hydroxyl groups excluding tert-OH is 1. The monoisotopic (exact) mass is 217 g/mol. The minimum absolute atomic E-state index is 0.0380. The first-order valence-corrected chi connectivity index (χ1v) is 5.16. The topological polar surface area (TPSA) is 59.0 Å². The fourth-order valence-electron chi connectivity index (χ4n) is 1.68. The van der Waals surface area contributed by atoms with Crippen molar-refractivity contribution in [1.82, 2.24) is 4.90 Å². The van der Waals surface area contributed by atoms with E-state index < -0.39 is 6.10 Å². The van der Waals surface area contributed by atoms with Gasteiger partial charge in [-0.25, -0.2) is 0 Å². The molecule has 0 aromatic rings. The molecule has 1 amide bonds. The van der Waals surface area contributed by atoms with Gasteiger partial charge in [-0.05, 0) is 13.8 Å². The summed E-state index contributed by atoms with van der Waals surface area (Å²) >= 11 is 0. The normalized spacial score (nSPS) is 28.9. The Morgan fingerprint density at radius 1 is 1.67 bits per heavy atom. The number of ether oxygens (including phenoxy) is 2. The van der Waals surface area contributed by atoms with Crippen molar-refractivity contribution in [2.24, 2.45) is 0 Å². The van der Waals surface area contributed by atoms with Crippen LogP contribution in [0.15, 0.2) is 0 Å². The molecule has 0 radical (unpaired) electrons. The molecule has 0 aromatic heterocycles. The van der Waals surface area contributed by atoms with E-state index in [9.17, 15) is 4.79 Å². The minimum atomic E-state index is -0.436. The van der Waals surface area contributed by atoms with Gasteiger partial charge in [-0.1, -0.05) is 0 Å². The van der Waals surface area contributed by atoms with Crippen LogP contribution in [-0.4, -0.2) is 61.0 Å². The molecule has 3 unspecified atom stereocenters. The van der Waals surface area contributed by atoms with Gasteiger partial charge in [-0.3, -0.25) is 4.79 Å². The van der Waals surface area contributed by atoms with Crippen LogP contribution in [-0.2, 0) is 14.3 Å². The van der Waals surface area contributed by atoms with Crippen LogP contribution in [0, 0.1) is 0 Å². The number of aliphatic hydroxyl groups is 1. The number of hydrogen-bond donors (Lipinski definition) is 1. The maximum absolute atomic E-state index is 11.8. The summed E-state index contributed by atoms with van der Waals surface area (Å²) in [5.74, 6) is -0.0499. The molecular weight excluding hydrogens is 198 g/mol. The van der Waals surface area contributed by atoms with Crippen molar-refractivity contribution in [2.45, 2.75) is 32.2 Å². The number of carbonyl (C=O) groups excluding carboxylic acids is 1. The summed E-state index contributed by atoms with van der Waals surface area (Å²) in [5.41, 5.74) is 0. The van der Waals surface area contributed by atoms with Crippen LogP contribution in [0.5, 0.6) is 0 Å². The van der Waals surface area contributed by atoms with Crippen molar-refractivity contribution in [3.05, 3.63) is 0 Å². The Balaban J connectivity index is 2.57. The van der Waals surface area contributed by atoms with Gasteiger partial charge in [0.05, 0.1) is 18.8 Å². The third-order valence-corrected chi connectivity index (χ3v) is 2.54. The maximum atomic E-state index is 11.8. The number of rotatable bonds is 3. The van der Waals surface area contributed by atoms with Crippen LogP contribution in [0.25, 0.3) is 0 Å². The molecular formula is C10H19NO4. The number of methoxy groups -OCH3 is 1. The van der Waals surface area contributed by atoms with Crippen molar-refractivity contribution >= 4 is 5.91 Å². The highest BCUT2D eigenvalue weighted by atomic mass is 16.5. The quantitative estimate of drug-likeness (QED) is 0.700. The number of nitrogens with zero attached hydrogens (tertiary/aromatic N) is 1. The minimum Gasteiger partial charge on any atom is -0.394 e. The second kappa shape index (κ2) is 5.44. The maximum Gasteiger partial charge on any atom is 0.251 e. The third kappa shape index (κ3) is 3.15. The SMILES string of the molecule is COC(C)C(=O)N1CC(C)OC(CO)C1. The van der Waals surface area contributed by atoms with E-state index in [1.165, 1.54) is 7.11 Å². The van der Waals surface area contributed by atoms with Crippen LogP contribution in [0.2, 0.25) is 0 Å². The Kier molecular flexibility index (Phi) is 4.50.